The maximum Gasteiger partial charge on any atom is 0.404 e. The number of hydrogen-bond acceptors (Lipinski definition) is 4. The molecule has 5 N–H and O–H groups in total. The third-order valence-corrected chi connectivity index (χ3v) is 4.92. The van der Waals surface area contributed by atoms with Gasteiger partial charge in [-0.3, -0.25) is 4.79 Å². The minimum absolute atomic E-state index is 0. The maximum absolute atomic E-state index is 11.4. The van der Waals surface area contributed by atoms with Crippen LogP contribution in [0.4, 0.5) is 4.79 Å². The number of aliphatic carboxylic acids is 1. The highest BCUT2D eigenvalue weighted by Gasteiger charge is 2.16. The second-order valence-corrected chi connectivity index (χ2v) is 9.51. The first-order valence-electron chi connectivity index (χ1n) is 11.9. The predicted molar refractivity (Wildman–Crippen MR) is 145 cm³/mol. The summed E-state index contributed by atoms with van der Waals surface area (Å²) in [6.07, 6.45) is 0.538. The van der Waals surface area contributed by atoms with Gasteiger partial charge < -0.3 is 21.3 Å². The van der Waals surface area contributed by atoms with Crippen LogP contribution >= 0.6 is 0 Å². The molecule has 0 aliphatic rings. The van der Waals surface area contributed by atoms with Crippen molar-refractivity contribution in [3.63, 3.8) is 0 Å². The van der Waals surface area contributed by atoms with Gasteiger partial charge in [0.25, 0.3) is 0 Å². The van der Waals surface area contributed by atoms with Crippen molar-refractivity contribution in [3.8, 4) is 0 Å². The van der Waals surface area contributed by atoms with E-state index >= 15 is 0 Å². The van der Waals surface area contributed by atoms with E-state index < -0.39 is 12.1 Å². The van der Waals surface area contributed by atoms with Crippen molar-refractivity contribution in [3.05, 3.63) is 107 Å². The summed E-state index contributed by atoms with van der Waals surface area (Å²) in [6.45, 7) is 5.93. The van der Waals surface area contributed by atoms with E-state index in [4.69, 9.17) is 21.3 Å². The van der Waals surface area contributed by atoms with Crippen LogP contribution in [0.3, 0.4) is 0 Å². The minimum atomic E-state index is -0.830. The van der Waals surface area contributed by atoms with Gasteiger partial charge in [-0.15, -0.1) is 0 Å². The van der Waals surface area contributed by atoms with Crippen molar-refractivity contribution in [1.29, 1.82) is 0 Å². The third kappa shape index (κ3) is 10.6. The van der Waals surface area contributed by atoms with Crippen LogP contribution in [0.25, 0.3) is 11.1 Å². The Morgan fingerprint density at radius 1 is 0.833 bits per heavy atom. The first kappa shape index (κ1) is 28.3. The summed E-state index contributed by atoms with van der Waals surface area (Å²) >= 11 is 0. The lowest BCUT2D eigenvalue weighted by molar-refractivity contribution is -0.137. The molecule has 6 nitrogen and oxygen atoms in total. The van der Waals surface area contributed by atoms with E-state index in [0.717, 1.165) is 33.4 Å². The first-order valence-corrected chi connectivity index (χ1v) is 11.9. The van der Waals surface area contributed by atoms with E-state index in [1.165, 1.54) is 0 Å². The van der Waals surface area contributed by atoms with Crippen LogP contribution in [-0.4, -0.2) is 29.3 Å². The number of primary amides is 1. The molecule has 0 radical (unpaired) electrons. The van der Waals surface area contributed by atoms with Gasteiger partial charge in [-0.05, 0) is 61.4 Å². The summed E-state index contributed by atoms with van der Waals surface area (Å²) < 4.78 is 5.22. The lowest BCUT2D eigenvalue weighted by Gasteiger charge is -2.18. The lowest BCUT2D eigenvalue weighted by Crippen LogP contribution is -2.26. The lowest BCUT2D eigenvalue weighted by atomic mass is 9.88. The number of carbonyl (C=O) groups is 2. The summed E-state index contributed by atoms with van der Waals surface area (Å²) in [4.78, 5) is 22.3. The molecule has 0 aliphatic carbocycles. The SMILES string of the molecule is CC(C)(C)N.NC(=O)OCC(=C(c1ccccc1)c1cccc(CCCC(=O)O)c1)c1ccccc1. The van der Waals surface area contributed by atoms with Crippen LogP contribution in [-0.2, 0) is 16.0 Å². The summed E-state index contributed by atoms with van der Waals surface area (Å²) in [6, 6.07) is 27.7. The Morgan fingerprint density at radius 3 is 1.89 bits per heavy atom. The molecule has 36 heavy (non-hydrogen) atoms. The number of carboxylic acids is 1. The predicted octanol–water partition coefficient (Wildman–Crippen LogP) is 5.89. The number of benzene rings is 3. The Kier molecular flexibility index (Phi) is 10.9. The van der Waals surface area contributed by atoms with Crippen molar-refractivity contribution in [2.45, 2.75) is 45.6 Å². The molecular formula is C30H36N2O4. The van der Waals surface area contributed by atoms with Gasteiger partial charge in [-0.1, -0.05) is 84.9 Å². The molecule has 0 aromatic heterocycles. The molecule has 6 heteroatoms. The number of nitrogens with two attached hydrogens (primary N) is 2. The zero-order valence-electron chi connectivity index (χ0n) is 21.2. The number of hydrogen-bond donors (Lipinski definition) is 3. The molecule has 0 saturated heterocycles. The fourth-order valence-electron chi connectivity index (χ4n) is 3.53. The van der Waals surface area contributed by atoms with Gasteiger partial charge in [-0.2, -0.15) is 0 Å². The summed E-state index contributed by atoms with van der Waals surface area (Å²) in [7, 11) is 0. The molecular weight excluding hydrogens is 452 g/mol. The van der Waals surface area contributed by atoms with Gasteiger partial charge in [0.2, 0.25) is 0 Å². The average Bonchev–Trinajstić information content (AvgIpc) is 2.81. The van der Waals surface area contributed by atoms with Gasteiger partial charge in [0.05, 0.1) is 0 Å². The largest absolute Gasteiger partial charge is 0.481 e. The second-order valence-electron chi connectivity index (χ2n) is 9.51. The zero-order chi connectivity index (χ0) is 26.6. The summed E-state index contributed by atoms with van der Waals surface area (Å²) in [5.41, 5.74) is 16.3. The Labute approximate surface area is 213 Å². The van der Waals surface area contributed by atoms with Crippen molar-refractivity contribution < 1.29 is 19.4 Å². The molecule has 0 bridgehead atoms. The maximum atomic E-state index is 11.4. The Hall–Kier alpha value is -3.90. The Morgan fingerprint density at radius 2 is 1.36 bits per heavy atom. The highest BCUT2D eigenvalue weighted by Crippen LogP contribution is 2.33. The Bertz CT molecular complexity index is 1140. The van der Waals surface area contributed by atoms with Gasteiger partial charge in [0, 0.05) is 17.5 Å². The highest BCUT2D eigenvalue weighted by molar-refractivity contribution is 5.99. The molecule has 3 rings (SSSR count). The normalized spacial score (nSPS) is 11.6. The molecule has 190 valence electrons. The molecule has 3 aromatic rings. The van der Waals surface area contributed by atoms with Crippen molar-refractivity contribution in [2.24, 2.45) is 11.5 Å². The van der Waals surface area contributed by atoms with Crippen LogP contribution in [0.5, 0.6) is 0 Å². The average molecular weight is 489 g/mol. The standard InChI is InChI=1S/C26H25NO4.C4H11N/c27-26(30)31-18-23(20-11-3-1-4-12-20)25(21-13-5-2-6-14-21)22-15-7-9-19(17-22)10-8-16-24(28)29;1-4(2,3)5/h1-7,9,11-15,17H,8,10,16,18H2,(H2,27,30)(H,28,29);5H2,1-3H3. The fourth-order valence-corrected chi connectivity index (χ4v) is 3.53. The quantitative estimate of drug-likeness (QED) is 0.325. The molecule has 0 heterocycles. The smallest absolute Gasteiger partial charge is 0.404 e. The van der Waals surface area contributed by atoms with Crippen molar-refractivity contribution in [2.75, 3.05) is 6.61 Å². The Balaban J connectivity index is 0.000000830. The van der Waals surface area contributed by atoms with Gasteiger partial charge >= 0.3 is 12.1 Å². The summed E-state index contributed by atoms with van der Waals surface area (Å²) in [5, 5.41) is 8.93. The molecule has 0 fully saturated rings. The minimum Gasteiger partial charge on any atom is -0.481 e. The van der Waals surface area contributed by atoms with E-state index in [1.54, 1.807) is 0 Å². The van der Waals surface area contributed by atoms with Crippen LogP contribution in [0.2, 0.25) is 0 Å². The van der Waals surface area contributed by atoms with E-state index in [2.05, 4.69) is 6.07 Å². The van der Waals surface area contributed by atoms with Gasteiger partial charge in [0.1, 0.15) is 6.61 Å². The van der Waals surface area contributed by atoms with E-state index in [1.807, 2.05) is 99.6 Å². The summed E-state index contributed by atoms with van der Waals surface area (Å²) in [5.74, 6) is -0.795. The van der Waals surface area contributed by atoms with Crippen molar-refractivity contribution in [1.82, 2.24) is 0 Å². The van der Waals surface area contributed by atoms with Gasteiger partial charge in [0.15, 0.2) is 0 Å². The van der Waals surface area contributed by atoms with Crippen LogP contribution in [0.15, 0.2) is 84.9 Å². The van der Waals surface area contributed by atoms with Crippen LogP contribution < -0.4 is 11.5 Å². The number of aryl methyl sites for hydroxylation is 1. The molecule has 0 atom stereocenters. The molecule has 0 spiro atoms. The number of ether oxygens (including phenoxy) is 1. The fraction of sp³-hybridized carbons (Fsp3) is 0.267. The number of carbonyl (C=O) groups excluding carboxylic acids is 1. The monoisotopic (exact) mass is 488 g/mol. The molecule has 3 aromatic carbocycles. The topological polar surface area (TPSA) is 116 Å². The highest BCUT2D eigenvalue weighted by atomic mass is 16.5. The molecule has 0 aliphatic heterocycles. The second kappa shape index (κ2) is 13.9. The van der Waals surface area contributed by atoms with Crippen molar-refractivity contribution >= 4 is 23.2 Å². The number of rotatable bonds is 9. The molecule has 0 unspecified atom stereocenters. The molecule has 1 amide bonds. The third-order valence-electron chi connectivity index (χ3n) is 4.92. The molecule has 0 saturated carbocycles. The van der Waals surface area contributed by atoms with E-state index in [9.17, 15) is 9.59 Å². The van der Waals surface area contributed by atoms with Crippen LogP contribution in [0.1, 0.15) is 55.9 Å². The number of amides is 1. The van der Waals surface area contributed by atoms with Crippen LogP contribution in [0, 0.1) is 0 Å². The number of carboxylic acid groups (broad SMARTS) is 1. The van der Waals surface area contributed by atoms with E-state index in [0.29, 0.717) is 12.8 Å². The zero-order valence-corrected chi connectivity index (χ0v) is 21.2. The first-order chi connectivity index (χ1) is 17.0. The van der Waals surface area contributed by atoms with E-state index in [-0.39, 0.29) is 18.6 Å². The van der Waals surface area contributed by atoms with Gasteiger partial charge in [-0.25, -0.2) is 4.79 Å².